The van der Waals surface area contributed by atoms with Gasteiger partial charge in [0, 0.05) is 0 Å². The van der Waals surface area contributed by atoms with Crippen molar-refractivity contribution >= 4 is 46.4 Å². The highest BCUT2D eigenvalue weighted by Crippen LogP contribution is 2.58. The number of halogens is 4. The Morgan fingerprint density at radius 1 is 1.07 bits per heavy atom. The van der Waals surface area contributed by atoms with Crippen LogP contribution in [0.2, 0.25) is 0 Å². The van der Waals surface area contributed by atoms with Crippen LogP contribution < -0.4 is 0 Å². The van der Waals surface area contributed by atoms with E-state index in [0.717, 1.165) is 0 Å². The van der Waals surface area contributed by atoms with Crippen LogP contribution in [0.1, 0.15) is 13.8 Å². The van der Waals surface area contributed by atoms with E-state index in [4.69, 9.17) is 51.1 Å². The van der Waals surface area contributed by atoms with Crippen molar-refractivity contribution in [1.82, 2.24) is 0 Å². The highest BCUT2D eigenvalue weighted by molar-refractivity contribution is 6.59. The highest BCUT2D eigenvalue weighted by Gasteiger charge is 2.60. The molecule has 0 saturated heterocycles. The monoisotopic (exact) mass is 272 g/mol. The van der Waals surface area contributed by atoms with E-state index in [1.165, 1.54) is 0 Å². The molecule has 2 unspecified atom stereocenters. The Morgan fingerprint density at radius 2 is 1.64 bits per heavy atom. The van der Waals surface area contributed by atoms with Crippen molar-refractivity contribution < 1.29 is 4.74 Å². The molecule has 0 aliphatic carbocycles. The van der Waals surface area contributed by atoms with Gasteiger partial charge < -0.3 is 4.74 Å². The van der Waals surface area contributed by atoms with Crippen LogP contribution in [0.3, 0.4) is 0 Å². The van der Waals surface area contributed by atoms with E-state index in [1.54, 1.807) is 13.0 Å². The average molecular weight is 274 g/mol. The molecular formula is C9H8Cl4O. The molecule has 2 bridgehead atoms. The smallest absolute Gasteiger partial charge is 0.186 e. The normalized spacial score (nSPS) is 44.7. The molecule has 14 heavy (non-hydrogen) atoms. The van der Waals surface area contributed by atoms with E-state index in [-0.39, 0.29) is 5.03 Å². The summed E-state index contributed by atoms with van der Waals surface area (Å²) in [6.07, 6.45) is 3.62. The molecule has 2 rings (SSSR count). The van der Waals surface area contributed by atoms with Crippen LogP contribution in [0, 0.1) is 0 Å². The van der Waals surface area contributed by atoms with Gasteiger partial charge in [0.05, 0.1) is 10.1 Å². The summed E-state index contributed by atoms with van der Waals surface area (Å²) in [6.45, 7) is 3.60. The van der Waals surface area contributed by atoms with Crippen molar-refractivity contribution in [2.75, 3.05) is 0 Å². The minimum atomic E-state index is -1.32. The predicted molar refractivity (Wildman–Crippen MR) is 60.2 cm³/mol. The van der Waals surface area contributed by atoms with Gasteiger partial charge in [-0.3, -0.25) is 0 Å². The number of hydrogen-bond acceptors (Lipinski definition) is 1. The van der Waals surface area contributed by atoms with E-state index in [2.05, 4.69) is 0 Å². The Hall–Kier alpha value is 0.600. The lowest BCUT2D eigenvalue weighted by Gasteiger charge is -2.43. The second-order valence-electron chi connectivity index (χ2n) is 3.85. The summed E-state index contributed by atoms with van der Waals surface area (Å²) >= 11 is 24.3. The largest absolute Gasteiger partial charge is 0.352 e. The Balaban J connectivity index is 2.67. The molecule has 0 N–H and O–H groups in total. The second-order valence-corrected chi connectivity index (χ2v) is 5.94. The maximum Gasteiger partial charge on any atom is 0.186 e. The van der Waals surface area contributed by atoms with Crippen LogP contribution in [0.25, 0.3) is 0 Å². The Bertz CT molecular complexity index is 360. The zero-order valence-electron chi connectivity index (χ0n) is 7.57. The zero-order valence-corrected chi connectivity index (χ0v) is 10.6. The second kappa shape index (κ2) is 2.83. The van der Waals surface area contributed by atoms with Gasteiger partial charge in [-0.05, 0) is 19.9 Å². The summed E-state index contributed by atoms with van der Waals surface area (Å²) in [7, 11) is 0. The first kappa shape index (κ1) is 11.1. The molecule has 1 nitrogen and oxygen atoms in total. The zero-order chi connectivity index (χ0) is 10.8. The van der Waals surface area contributed by atoms with Gasteiger partial charge in [-0.1, -0.05) is 52.5 Å². The third-order valence-corrected chi connectivity index (χ3v) is 5.13. The van der Waals surface area contributed by atoms with Crippen molar-refractivity contribution in [3.05, 3.63) is 22.2 Å². The standard InChI is InChI=1S/C9H8Cl4O/c1-7-3-4-8(2,14-7)9(12,13)6(11)5(7)10/h3-4H,1-2H3. The van der Waals surface area contributed by atoms with Gasteiger partial charge in [0.25, 0.3) is 0 Å². The topological polar surface area (TPSA) is 9.23 Å². The molecular weight excluding hydrogens is 266 g/mol. The molecule has 5 heteroatoms. The Kier molecular flexibility index (Phi) is 2.25. The first-order valence-corrected chi connectivity index (χ1v) is 5.59. The van der Waals surface area contributed by atoms with Gasteiger partial charge in [0.2, 0.25) is 0 Å². The summed E-state index contributed by atoms with van der Waals surface area (Å²) in [4.78, 5) is 0. The summed E-state index contributed by atoms with van der Waals surface area (Å²) in [5.41, 5.74) is -1.51. The number of hydrogen-bond donors (Lipinski definition) is 0. The Morgan fingerprint density at radius 3 is 2.21 bits per heavy atom. The maximum atomic E-state index is 6.13. The van der Waals surface area contributed by atoms with Crippen LogP contribution in [0.5, 0.6) is 0 Å². The SMILES string of the molecule is CC12C=CC(C)(O1)C(Cl)(Cl)C(Cl)=C2Cl. The lowest BCUT2D eigenvalue weighted by atomic mass is 9.99. The molecule has 0 saturated carbocycles. The fraction of sp³-hybridized carbons (Fsp3) is 0.556. The molecule has 0 aromatic carbocycles. The van der Waals surface area contributed by atoms with Crippen molar-refractivity contribution in [3.63, 3.8) is 0 Å². The lowest BCUT2D eigenvalue weighted by Crippen LogP contribution is -2.50. The van der Waals surface area contributed by atoms with E-state index in [0.29, 0.717) is 5.03 Å². The molecule has 2 heterocycles. The third-order valence-electron chi connectivity index (χ3n) is 2.67. The molecule has 0 radical (unpaired) electrons. The van der Waals surface area contributed by atoms with Gasteiger partial charge >= 0.3 is 0 Å². The number of alkyl halides is 2. The van der Waals surface area contributed by atoms with Crippen LogP contribution in [0.4, 0.5) is 0 Å². The van der Waals surface area contributed by atoms with Crippen LogP contribution in [-0.2, 0) is 4.74 Å². The molecule has 0 fully saturated rings. The predicted octanol–water partition coefficient (Wildman–Crippen LogP) is 3.97. The van der Waals surface area contributed by atoms with Crippen LogP contribution >= 0.6 is 46.4 Å². The molecule has 2 aliphatic rings. The van der Waals surface area contributed by atoms with E-state index in [9.17, 15) is 0 Å². The minimum Gasteiger partial charge on any atom is -0.352 e. The summed E-state index contributed by atoms with van der Waals surface area (Å²) in [5, 5.41) is 0.583. The van der Waals surface area contributed by atoms with Crippen molar-refractivity contribution in [2.24, 2.45) is 0 Å². The van der Waals surface area contributed by atoms with Crippen LogP contribution in [-0.4, -0.2) is 15.5 Å². The first-order chi connectivity index (χ1) is 6.23. The van der Waals surface area contributed by atoms with E-state index >= 15 is 0 Å². The molecule has 0 amide bonds. The Labute approximate surface area is 103 Å². The average Bonchev–Trinajstić information content (AvgIpc) is 2.40. The molecule has 0 spiro atoms. The number of rotatable bonds is 0. The number of ether oxygens (including phenoxy) is 1. The van der Waals surface area contributed by atoms with Gasteiger partial charge in [-0.2, -0.15) is 0 Å². The van der Waals surface area contributed by atoms with Crippen molar-refractivity contribution in [3.8, 4) is 0 Å². The molecule has 0 aromatic rings. The molecule has 2 aliphatic heterocycles. The third kappa shape index (κ3) is 1.14. The quantitative estimate of drug-likeness (QED) is 0.479. The molecule has 78 valence electrons. The van der Waals surface area contributed by atoms with Crippen molar-refractivity contribution in [2.45, 2.75) is 29.4 Å². The van der Waals surface area contributed by atoms with Gasteiger partial charge in [-0.25, -0.2) is 0 Å². The number of fused-ring (bicyclic) bond motifs is 2. The fourth-order valence-electron chi connectivity index (χ4n) is 1.69. The highest BCUT2D eigenvalue weighted by atomic mass is 35.5. The minimum absolute atomic E-state index is 0.240. The van der Waals surface area contributed by atoms with Gasteiger partial charge in [0.15, 0.2) is 4.33 Å². The summed E-state index contributed by atoms with van der Waals surface area (Å²) < 4.78 is 4.40. The van der Waals surface area contributed by atoms with Crippen LogP contribution in [0.15, 0.2) is 22.2 Å². The van der Waals surface area contributed by atoms with E-state index in [1.807, 2.05) is 13.0 Å². The van der Waals surface area contributed by atoms with E-state index < -0.39 is 15.5 Å². The molecule has 2 atom stereocenters. The maximum absolute atomic E-state index is 6.13. The molecule has 0 aromatic heterocycles. The van der Waals surface area contributed by atoms with Crippen molar-refractivity contribution in [1.29, 1.82) is 0 Å². The lowest BCUT2D eigenvalue weighted by molar-refractivity contribution is -0.0588. The summed E-state index contributed by atoms with van der Waals surface area (Å²) in [6, 6.07) is 0. The van der Waals surface area contributed by atoms with Gasteiger partial charge in [-0.15, -0.1) is 0 Å². The first-order valence-electron chi connectivity index (χ1n) is 4.07. The fourth-order valence-corrected chi connectivity index (χ4v) is 2.79. The van der Waals surface area contributed by atoms with Gasteiger partial charge in [0.1, 0.15) is 11.2 Å². The summed E-state index contributed by atoms with van der Waals surface area (Å²) in [5.74, 6) is 0.